The predicted octanol–water partition coefficient (Wildman–Crippen LogP) is 4.30. The molecule has 6 nitrogen and oxygen atoms in total. The number of alkyl halides is 3. The molecule has 180 valence electrons. The lowest BCUT2D eigenvalue weighted by atomic mass is 9.91. The summed E-state index contributed by atoms with van der Waals surface area (Å²) in [4.78, 5) is 7.24. The number of likely N-dealkylation sites (tertiary alicyclic amines) is 1. The first kappa shape index (κ1) is 22.8. The van der Waals surface area contributed by atoms with Gasteiger partial charge in [-0.15, -0.1) is 0 Å². The molecule has 1 aromatic heterocycles. The molecule has 0 amide bonds. The first-order valence-electron chi connectivity index (χ1n) is 11.5. The Bertz CT molecular complexity index is 1130. The van der Waals surface area contributed by atoms with Crippen LogP contribution in [-0.4, -0.2) is 58.7 Å². The fourth-order valence-corrected chi connectivity index (χ4v) is 8.11. The fraction of sp³-hybridized carbons (Fsp3) is 0.652. The highest BCUT2D eigenvalue weighted by Crippen LogP contribution is 2.45. The van der Waals surface area contributed by atoms with E-state index in [1.807, 2.05) is 18.5 Å². The summed E-state index contributed by atoms with van der Waals surface area (Å²) in [6.07, 6.45) is -0.460. The average molecular weight is 483 g/mol. The summed E-state index contributed by atoms with van der Waals surface area (Å²) in [5.74, 6) is 2.23. The number of aromatic nitrogens is 3. The molecule has 2 saturated heterocycles. The molecule has 0 N–H and O–H groups in total. The number of nitrogens with zero attached hydrogens (tertiary/aromatic N) is 4. The van der Waals surface area contributed by atoms with Gasteiger partial charge in [-0.2, -0.15) is 18.3 Å². The van der Waals surface area contributed by atoms with Crippen LogP contribution in [0.2, 0.25) is 0 Å². The highest BCUT2D eigenvalue weighted by Gasteiger charge is 2.53. The molecule has 3 aliphatic rings. The molecule has 33 heavy (non-hydrogen) atoms. The highest BCUT2D eigenvalue weighted by molar-refractivity contribution is 7.92. The van der Waals surface area contributed by atoms with Crippen molar-refractivity contribution in [3.63, 3.8) is 0 Å². The Labute approximate surface area is 192 Å². The highest BCUT2D eigenvalue weighted by atomic mass is 32.2. The van der Waals surface area contributed by atoms with E-state index in [-0.39, 0.29) is 17.4 Å². The van der Waals surface area contributed by atoms with Crippen LogP contribution in [0.3, 0.4) is 0 Å². The van der Waals surface area contributed by atoms with Crippen molar-refractivity contribution in [1.82, 2.24) is 19.7 Å². The van der Waals surface area contributed by atoms with Crippen LogP contribution in [0.5, 0.6) is 0 Å². The minimum absolute atomic E-state index is 0.0371. The topological polar surface area (TPSA) is 68.1 Å². The van der Waals surface area contributed by atoms with Crippen molar-refractivity contribution < 1.29 is 21.6 Å². The Morgan fingerprint density at radius 1 is 1.12 bits per heavy atom. The van der Waals surface area contributed by atoms with Gasteiger partial charge < -0.3 is 0 Å². The van der Waals surface area contributed by atoms with Crippen LogP contribution in [0.1, 0.15) is 62.9 Å². The molecule has 2 atom stereocenters. The molecular formula is C23H29F3N4O2S. The number of hydrogen-bond donors (Lipinski definition) is 0. The van der Waals surface area contributed by atoms with E-state index < -0.39 is 21.6 Å². The van der Waals surface area contributed by atoms with E-state index in [4.69, 9.17) is 4.98 Å². The normalized spacial score (nSPS) is 26.8. The Kier molecular flexibility index (Phi) is 5.39. The molecule has 0 bridgehead atoms. The van der Waals surface area contributed by atoms with Crippen molar-refractivity contribution in [1.29, 1.82) is 0 Å². The zero-order chi connectivity index (χ0) is 23.6. The Balaban J connectivity index is 1.32. The summed E-state index contributed by atoms with van der Waals surface area (Å²) in [6.45, 7) is 5.86. The van der Waals surface area contributed by atoms with Crippen LogP contribution < -0.4 is 0 Å². The van der Waals surface area contributed by atoms with Gasteiger partial charge in [-0.05, 0) is 58.2 Å². The van der Waals surface area contributed by atoms with Crippen LogP contribution >= 0.6 is 0 Å². The van der Waals surface area contributed by atoms with Gasteiger partial charge in [-0.1, -0.05) is 12.1 Å². The van der Waals surface area contributed by atoms with E-state index >= 15 is 0 Å². The molecule has 10 heteroatoms. The predicted molar refractivity (Wildman–Crippen MR) is 119 cm³/mol. The monoisotopic (exact) mass is 482 g/mol. The second-order valence-corrected chi connectivity index (χ2v) is 12.4. The number of sulfone groups is 1. The lowest BCUT2D eigenvalue weighted by Crippen LogP contribution is -2.50. The van der Waals surface area contributed by atoms with Gasteiger partial charge in [0, 0.05) is 35.5 Å². The summed E-state index contributed by atoms with van der Waals surface area (Å²) >= 11 is 0. The zero-order valence-corrected chi connectivity index (χ0v) is 19.7. The standard InChI is InChI=1S/C23H29F3N4O2S/c1-15(2)30-21(27-20(28-30)16-3-6-18(7-4-16)23(24,25)26)17-5-8-19(11-17)29-10-9-22(12-29)13-33(31,32)14-22/h3-4,6-7,15,17,19H,5,8-14H2,1-2H3/t17-,19-/m1/s1. The average Bonchev–Trinajstić information content (AvgIpc) is 3.44. The van der Waals surface area contributed by atoms with Gasteiger partial charge in [0.05, 0.1) is 17.1 Å². The maximum absolute atomic E-state index is 12.9. The van der Waals surface area contributed by atoms with Crippen molar-refractivity contribution in [2.75, 3.05) is 24.6 Å². The summed E-state index contributed by atoms with van der Waals surface area (Å²) in [5, 5.41) is 4.64. The minimum atomic E-state index is -4.37. The smallest absolute Gasteiger partial charge is 0.300 e. The number of hydrogen-bond acceptors (Lipinski definition) is 5. The van der Waals surface area contributed by atoms with Crippen LogP contribution in [0.4, 0.5) is 13.2 Å². The molecular weight excluding hydrogens is 453 g/mol. The third-order valence-corrected chi connectivity index (χ3v) is 9.53. The van der Waals surface area contributed by atoms with Crippen molar-refractivity contribution in [2.45, 2.75) is 63.7 Å². The van der Waals surface area contributed by atoms with Gasteiger partial charge in [0.2, 0.25) is 0 Å². The molecule has 3 heterocycles. The minimum Gasteiger partial charge on any atom is -0.300 e. The van der Waals surface area contributed by atoms with Gasteiger partial charge >= 0.3 is 6.18 Å². The van der Waals surface area contributed by atoms with Crippen LogP contribution in [-0.2, 0) is 16.0 Å². The van der Waals surface area contributed by atoms with E-state index in [2.05, 4.69) is 10.00 Å². The van der Waals surface area contributed by atoms with Crippen LogP contribution in [0, 0.1) is 5.41 Å². The SMILES string of the molecule is CC(C)n1nc(-c2ccc(C(F)(F)F)cc2)nc1[C@@H]1CC[C@@H](N2CCC3(C2)CS(=O)(=O)C3)C1. The Morgan fingerprint density at radius 2 is 1.82 bits per heavy atom. The van der Waals surface area contributed by atoms with Gasteiger partial charge in [-0.25, -0.2) is 18.1 Å². The maximum Gasteiger partial charge on any atom is 0.416 e. The third-order valence-electron chi connectivity index (χ3n) is 7.42. The fourth-order valence-electron chi connectivity index (χ4n) is 5.86. The van der Waals surface area contributed by atoms with Gasteiger partial charge in [0.15, 0.2) is 15.7 Å². The number of rotatable bonds is 4. The summed E-state index contributed by atoms with van der Waals surface area (Å²) < 4.78 is 64.1. The molecule has 0 radical (unpaired) electrons. The van der Waals surface area contributed by atoms with Crippen molar-refractivity contribution >= 4 is 9.84 Å². The first-order chi connectivity index (χ1) is 15.4. The second kappa shape index (κ2) is 7.80. The molecule has 2 aliphatic heterocycles. The van der Waals surface area contributed by atoms with E-state index in [1.54, 1.807) is 0 Å². The molecule has 1 spiro atoms. The number of benzene rings is 1. The van der Waals surface area contributed by atoms with Crippen molar-refractivity contribution in [2.24, 2.45) is 5.41 Å². The van der Waals surface area contributed by atoms with E-state index in [9.17, 15) is 21.6 Å². The number of halogens is 3. The lowest BCUT2D eigenvalue weighted by molar-refractivity contribution is -0.137. The van der Waals surface area contributed by atoms with Gasteiger partial charge in [-0.3, -0.25) is 4.90 Å². The van der Waals surface area contributed by atoms with Crippen molar-refractivity contribution in [3.05, 3.63) is 35.7 Å². The second-order valence-electron chi connectivity index (χ2n) is 10.3. The van der Waals surface area contributed by atoms with E-state index in [1.165, 1.54) is 12.1 Å². The molecule has 0 unspecified atom stereocenters. The van der Waals surface area contributed by atoms with Crippen molar-refractivity contribution in [3.8, 4) is 11.4 Å². The largest absolute Gasteiger partial charge is 0.416 e. The summed E-state index contributed by atoms with van der Waals surface area (Å²) in [5.41, 5.74) is -0.146. The first-order valence-corrected chi connectivity index (χ1v) is 13.4. The maximum atomic E-state index is 12.9. The molecule has 1 saturated carbocycles. The summed E-state index contributed by atoms with van der Waals surface area (Å²) in [6, 6.07) is 5.50. The summed E-state index contributed by atoms with van der Waals surface area (Å²) in [7, 11) is -2.83. The van der Waals surface area contributed by atoms with Crippen LogP contribution in [0.15, 0.2) is 24.3 Å². The molecule has 5 rings (SSSR count). The van der Waals surface area contributed by atoms with E-state index in [0.717, 1.165) is 56.7 Å². The molecule has 2 aromatic rings. The quantitative estimate of drug-likeness (QED) is 0.650. The van der Waals surface area contributed by atoms with Gasteiger partial charge in [0.1, 0.15) is 5.82 Å². The third kappa shape index (κ3) is 4.32. The molecule has 1 aliphatic carbocycles. The van der Waals surface area contributed by atoms with E-state index in [0.29, 0.717) is 28.9 Å². The Hall–Kier alpha value is -1.94. The molecule has 1 aromatic carbocycles. The van der Waals surface area contributed by atoms with Gasteiger partial charge in [0.25, 0.3) is 0 Å². The zero-order valence-electron chi connectivity index (χ0n) is 18.8. The lowest BCUT2D eigenvalue weighted by Gasteiger charge is -2.38. The van der Waals surface area contributed by atoms with Crippen LogP contribution in [0.25, 0.3) is 11.4 Å². The molecule has 3 fully saturated rings. The Morgan fingerprint density at radius 3 is 2.42 bits per heavy atom.